The molecule has 0 unspecified atom stereocenters. The Hall–Kier alpha value is -3.33. The third-order valence-corrected chi connectivity index (χ3v) is 5.23. The van der Waals surface area contributed by atoms with Gasteiger partial charge in [-0.2, -0.15) is 0 Å². The Balaban J connectivity index is 1.35. The first-order valence-electron chi connectivity index (χ1n) is 9.79. The number of hydrogen-bond acceptors (Lipinski definition) is 6. The normalized spacial score (nSPS) is 14.8. The fraction of sp³-hybridized carbons (Fsp3) is 0.333. The van der Waals surface area contributed by atoms with E-state index in [0.29, 0.717) is 12.1 Å². The molecule has 9 heteroatoms. The number of nitrogens with zero attached hydrogens (tertiary/aromatic N) is 5. The summed E-state index contributed by atoms with van der Waals surface area (Å²) >= 11 is 0. The Morgan fingerprint density at radius 2 is 1.93 bits per heavy atom. The molecule has 0 spiro atoms. The maximum Gasteiger partial charge on any atom is 0.261 e. The summed E-state index contributed by atoms with van der Waals surface area (Å²) < 4.78 is 14.6. The number of aromatic nitrogens is 3. The van der Waals surface area contributed by atoms with E-state index < -0.39 is 11.4 Å². The van der Waals surface area contributed by atoms with Crippen molar-refractivity contribution in [3.63, 3.8) is 0 Å². The topological polar surface area (TPSA) is 83.4 Å². The molecule has 0 aliphatic carbocycles. The van der Waals surface area contributed by atoms with E-state index >= 15 is 0 Å². The monoisotopic (exact) mass is 410 g/mol. The molecule has 0 radical (unpaired) electrons. The van der Waals surface area contributed by atoms with Crippen LogP contribution in [-0.2, 0) is 17.9 Å². The fourth-order valence-electron chi connectivity index (χ4n) is 3.40. The highest BCUT2D eigenvalue weighted by Gasteiger charge is 2.15. The quantitative estimate of drug-likeness (QED) is 0.676. The van der Waals surface area contributed by atoms with Crippen LogP contribution in [0.1, 0.15) is 5.56 Å². The van der Waals surface area contributed by atoms with Gasteiger partial charge in [0.25, 0.3) is 5.56 Å². The van der Waals surface area contributed by atoms with Gasteiger partial charge >= 0.3 is 0 Å². The highest BCUT2D eigenvalue weighted by molar-refractivity contribution is 5.79. The van der Waals surface area contributed by atoms with Crippen LogP contribution >= 0.6 is 0 Å². The molecule has 2 aromatic heterocycles. The Bertz CT molecular complexity index is 1110. The predicted octanol–water partition coefficient (Wildman–Crippen LogP) is 0.999. The molecule has 8 nitrogen and oxygen atoms in total. The summed E-state index contributed by atoms with van der Waals surface area (Å²) in [5, 5.41) is 2.93. The van der Waals surface area contributed by atoms with Crippen LogP contribution in [0.25, 0.3) is 10.9 Å². The first-order valence-corrected chi connectivity index (χ1v) is 9.79. The van der Waals surface area contributed by atoms with Crippen molar-refractivity contribution < 1.29 is 9.18 Å². The molecule has 1 aliphatic heterocycles. The molecular weight excluding hydrogens is 387 g/mol. The van der Waals surface area contributed by atoms with Crippen LogP contribution in [0.4, 0.5) is 10.2 Å². The van der Waals surface area contributed by atoms with Crippen molar-refractivity contribution >= 4 is 22.6 Å². The van der Waals surface area contributed by atoms with E-state index in [-0.39, 0.29) is 17.8 Å². The first kappa shape index (κ1) is 20.0. The van der Waals surface area contributed by atoms with Crippen molar-refractivity contribution in [3.05, 3.63) is 64.6 Å². The zero-order valence-electron chi connectivity index (χ0n) is 16.7. The van der Waals surface area contributed by atoms with Gasteiger partial charge in [-0.15, -0.1) is 0 Å². The van der Waals surface area contributed by atoms with E-state index in [4.69, 9.17) is 0 Å². The number of nitrogens with one attached hydrogen (secondary N) is 1. The third-order valence-electron chi connectivity index (χ3n) is 5.23. The Morgan fingerprint density at radius 3 is 2.67 bits per heavy atom. The molecule has 3 aromatic rings. The number of hydrogen-bond donors (Lipinski definition) is 1. The van der Waals surface area contributed by atoms with Crippen LogP contribution in [-0.4, -0.2) is 58.6 Å². The maximum absolute atomic E-state index is 13.4. The average molecular weight is 410 g/mol. The molecule has 0 saturated carbocycles. The molecular formula is C21H23FN6O2. The minimum absolute atomic E-state index is 0.147. The Kier molecular flexibility index (Phi) is 5.71. The molecule has 1 saturated heterocycles. The number of carbonyl (C=O) groups excluding carboxylic acids is 1. The van der Waals surface area contributed by atoms with Gasteiger partial charge in [-0.3, -0.25) is 14.2 Å². The van der Waals surface area contributed by atoms with Crippen LogP contribution in [0.5, 0.6) is 0 Å². The standard InChI is InChI=1S/C21H23FN6O2/c1-26-6-8-27(9-7-26)19-5-2-15(11-23-19)12-24-20(29)13-28-14-25-18-4-3-16(22)10-17(18)21(28)30/h2-5,10-11,14H,6-9,12-13H2,1H3,(H,24,29). The molecule has 1 aliphatic rings. The molecule has 30 heavy (non-hydrogen) atoms. The van der Waals surface area contributed by atoms with Gasteiger partial charge in [0.2, 0.25) is 5.91 Å². The highest BCUT2D eigenvalue weighted by atomic mass is 19.1. The lowest BCUT2D eigenvalue weighted by molar-refractivity contribution is -0.121. The van der Waals surface area contributed by atoms with Crippen LogP contribution in [0.3, 0.4) is 0 Å². The molecule has 0 atom stereocenters. The van der Waals surface area contributed by atoms with Gasteiger partial charge in [0, 0.05) is 38.9 Å². The molecule has 3 heterocycles. The van der Waals surface area contributed by atoms with Gasteiger partial charge in [0.1, 0.15) is 18.2 Å². The number of amides is 1. The second kappa shape index (κ2) is 8.58. The van der Waals surface area contributed by atoms with Crippen molar-refractivity contribution in [2.45, 2.75) is 13.1 Å². The zero-order valence-corrected chi connectivity index (χ0v) is 16.7. The molecule has 1 fully saturated rings. The second-order valence-electron chi connectivity index (χ2n) is 7.43. The molecule has 1 amide bonds. The molecule has 156 valence electrons. The zero-order chi connectivity index (χ0) is 21.1. The number of piperazine rings is 1. The van der Waals surface area contributed by atoms with Gasteiger partial charge in [-0.1, -0.05) is 6.07 Å². The summed E-state index contributed by atoms with van der Waals surface area (Å²) in [5.74, 6) is 0.0770. The summed E-state index contributed by atoms with van der Waals surface area (Å²) in [7, 11) is 2.11. The summed E-state index contributed by atoms with van der Waals surface area (Å²) in [6, 6.07) is 7.71. The van der Waals surface area contributed by atoms with E-state index in [1.54, 1.807) is 6.20 Å². The number of anilines is 1. The third kappa shape index (κ3) is 4.46. The maximum atomic E-state index is 13.4. The summed E-state index contributed by atoms with van der Waals surface area (Å²) in [6.45, 7) is 4.02. The fourth-order valence-corrected chi connectivity index (χ4v) is 3.40. The van der Waals surface area contributed by atoms with Gasteiger partial charge < -0.3 is 15.1 Å². The molecule has 4 rings (SSSR count). The number of rotatable bonds is 5. The van der Waals surface area contributed by atoms with E-state index in [0.717, 1.165) is 43.6 Å². The predicted molar refractivity (Wildman–Crippen MR) is 112 cm³/mol. The second-order valence-corrected chi connectivity index (χ2v) is 7.43. The van der Waals surface area contributed by atoms with Crippen LogP contribution < -0.4 is 15.8 Å². The van der Waals surface area contributed by atoms with Crippen LogP contribution in [0, 0.1) is 5.82 Å². The molecule has 1 aromatic carbocycles. The summed E-state index contributed by atoms with van der Waals surface area (Å²) in [6.07, 6.45) is 3.05. The number of likely N-dealkylation sites (N-methyl/N-ethyl adjacent to an activating group) is 1. The largest absolute Gasteiger partial charge is 0.354 e. The molecule has 1 N–H and O–H groups in total. The Morgan fingerprint density at radius 1 is 1.13 bits per heavy atom. The number of carbonyl (C=O) groups is 1. The lowest BCUT2D eigenvalue weighted by atomic mass is 10.2. The minimum Gasteiger partial charge on any atom is -0.354 e. The van der Waals surface area contributed by atoms with Crippen molar-refractivity contribution in [1.29, 1.82) is 0 Å². The van der Waals surface area contributed by atoms with Gasteiger partial charge in [0.05, 0.1) is 17.2 Å². The van der Waals surface area contributed by atoms with E-state index in [9.17, 15) is 14.0 Å². The van der Waals surface area contributed by atoms with Crippen LogP contribution in [0.15, 0.2) is 47.7 Å². The summed E-state index contributed by atoms with van der Waals surface area (Å²) in [5.41, 5.74) is 0.810. The van der Waals surface area contributed by atoms with Gasteiger partial charge in [-0.25, -0.2) is 14.4 Å². The number of halogens is 1. The van der Waals surface area contributed by atoms with Gasteiger partial charge in [-0.05, 0) is 36.9 Å². The van der Waals surface area contributed by atoms with Crippen molar-refractivity contribution in [1.82, 2.24) is 24.8 Å². The lowest BCUT2D eigenvalue weighted by Gasteiger charge is -2.33. The van der Waals surface area contributed by atoms with Crippen molar-refractivity contribution in [3.8, 4) is 0 Å². The smallest absolute Gasteiger partial charge is 0.261 e. The number of benzene rings is 1. The summed E-state index contributed by atoms with van der Waals surface area (Å²) in [4.78, 5) is 37.9. The van der Waals surface area contributed by atoms with E-state index in [1.807, 2.05) is 12.1 Å². The molecule has 0 bridgehead atoms. The lowest BCUT2D eigenvalue weighted by Crippen LogP contribution is -2.44. The minimum atomic E-state index is -0.517. The van der Waals surface area contributed by atoms with E-state index in [1.165, 1.54) is 23.0 Å². The van der Waals surface area contributed by atoms with Crippen molar-refractivity contribution in [2.24, 2.45) is 0 Å². The van der Waals surface area contributed by atoms with Crippen LogP contribution in [0.2, 0.25) is 0 Å². The van der Waals surface area contributed by atoms with Gasteiger partial charge in [0.15, 0.2) is 0 Å². The number of pyridine rings is 1. The average Bonchev–Trinajstić information content (AvgIpc) is 2.76. The number of fused-ring (bicyclic) bond motifs is 1. The highest BCUT2D eigenvalue weighted by Crippen LogP contribution is 2.13. The van der Waals surface area contributed by atoms with E-state index in [2.05, 4.69) is 32.1 Å². The van der Waals surface area contributed by atoms with Crippen molar-refractivity contribution in [2.75, 3.05) is 38.1 Å². The first-order chi connectivity index (χ1) is 14.5. The Labute approximate surface area is 173 Å². The SMILES string of the molecule is CN1CCN(c2ccc(CNC(=O)Cn3cnc4ccc(F)cc4c3=O)cn2)CC1.